The maximum atomic E-state index is 12.2. The minimum atomic E-state index is -0.447. The van der Waals surface area contributed by atoms with Crippen molar-refractivity contribution in [3.05, 3.63) is 76.5 Å². The van der Waals surface area contributed by atoms with Crippen LogP contribution in [0.25, 0.3) is 0 Å². The summed E-state index contributed by atoms with van der Waals surface area (Å²) in [5.74, 6) is -0.117. The van der Waals surface area contributed by atoms with Crippen molar-refractivity contribution in [3.63, 3.8) is 0 Å². The number of para-hydroxylation sites is 1. The molecule has 0 aliphatic heterocycles. The van der Waals surface area contributed by atoms with Crippen molar-refractivity contribution in [1.29, 1.82) is 5.26 Å². The molecular weight excluding hydrogens is 334 g/mol. The normalized spacial score (nSPS) is 11.1. The van der Waals surface area contributed by atoms with Crippen LogP contribution in [-0.4, -0.2) is 5.91 Å². The van der Waals surface area contributed by atoms with E-state index in [1.165, 1.54) is 6.20 Å². The summed E-state index contributed by atoms with van der Waals surface area (Å²) < 4.78 is 0. The highest BCUT2D eigenvalue weighted by Crippen LogP contribution is 2.23. The third-order valence-corrected chi connectivity index (χ3v) is 4.09. The molecule has 5 heteroatoms. The zero-order valence-corrected chi connectivity index (χ0v) is 15.0. The lowest BCUT2D eigenvalue weighted by atomic mass is 10.0. The Balaban J connectivity index is 2.06. The summed E-state index contributed by atoms with van der Waals surface area (Å²) in [5.41, 5.74) is 2.80. The summed E-state index contributed by atoms with van der Waals surface area (Å²) in [6, 6.07) is 17.0. The molecule has 0 fully saturated rings. The van der Waals surface area contributed by atoms with Gasteiger partial charge in [-0.15, -0.1) is 0 Å². The number of benzene rings is 2. The average molecular weight is 354 g/mol. The molecule has 0 aromatic heterocycles. The number of hydrogen-bond donors (Lipinski definition) is 2. The Kier molecular flexibility index (Phi) is 6.62. The SMILES string of the molecule is CC(C)c1ccccc1N/C=C(/C#N)C(=O)NCc1ccccc1Cl. The van der Waals surface area contributed by atoms with E-state index in [1.807, 2.05) is 48.5 Å². The highest BCUT2D eigenvalue weighted by molar-refractivity contribution is 6.31. The number of carbonyl (C=O) groups is 1. The summed E-state index contributed by atoms with van der Waals surface area (Å²) in [4.78, 5) is 12.2. The Morgan fingerprint density at radius 3 is 2.56 bits per heavy atom. The van der Waals surface area contributed by atoms with E-state index >= 15 is 0 Å². The van der Waals surface area contributed by atoms with Gasteiger partial charge in [-0.3, -0.25) is 4.79 Å². The monoisotopic (exact) mass is 353 g/mol. The van der Waals surface area contributed by atoms with Crippen molar-refractivity contribution in [2.45, 2.75) is 26.3 Å². The standard InChI is InChI=1S/C20H20ClN3O/c1-14(2)17-8-4-6-10-19(17)23-13-16(11-22)20(25)24-12-15-7-3-5-9-18(15)21/h3-10,13-14,23H,12H2,1-2H3,(H,24,25)/b16-13-. The molecule has 0 aliphatic carbocycles. The van der Waals surface area contributed by atoms with Crippen LogP contribution < -0.4 is 10.6 Å². The van der Waals surface area contributed by atoms with Gasteiger partial charge in [0.15, 0.2) is 0 Å². The van der Waals surface area contributed by atoms with Crippen LogP contribution in [0.15, 0.2) is 60.3 Å². The lowest BCUT2D eigenvalue weighted by molar-refractivity contribution is -0.117. The molecule has 0 radical (unpaired) electrons. The van der Waals surface area contributed by atoms with Gasteiger partial charge in [0.05, 0.1) is 0 Å². The molecule has 2 N–H and O–H groups in total. The average Bonchev–Trinajstić information content (AvgIpc) is 2.61. The molecule has 4 nitrogen and oxygen atoms in total. The molecule has 0 heterocycles. The Bertz CT molecular complexity index is 822. The van der Waals surface area contributed by atoms with Gasteiger partial charge >= 0.3 is 0 Å². The summed E-state index contributed by atoms with van der Waals surface area (Å²) in [6.45, 7) is 4.44. The van der Waals surface area contributed by atoms with E-state index in [1.54, 1.807) is 6.07 Å². The Labute approximate surface area is 153 Å². The molecule has 128 valence electrons. The zero-order chi connectivity index (χ0) is 18.2. The van der Waals surface area contributed by atoms with E-state index in [0.29, 0.717) is 10.9 Å². The number of nitrogens with one attached hydrogen (secondary N) is 2. The number of amides is 1. The fourth-order valence-electron chi connectivity index (χ4n) is 2.34. The maximum absolute atomic E-state index is 12.2. The molecule has 2 rings (SSSR count). The maximum Gasteiger partial charge on any atom is 0.263 e. The second-order valence-corrected chi connectivity index (χ2v) is 6.24. The van der Waals surface area contributed by atoms with Crippen LogP contribution in [0, 0.1) is 11.3 Å². The Morgan fingerprint density at radius 2 is 1.88 bits per heavy atom. The van der Waals surface area contributed by atoms with Gasteiger partial charge in [0, 0.05) is 23.5 Å². The van der Waals surface area contributed by atoms with Crippen LogP contribution in [0.1, 0.15) is 30.9 Å². The smallest absolute Gasteiger partial charge is 0.263 e. The molecule has 1 amide bonds. The van der Waals surface area contributed by atoms with Crippen LogP contribution in [0.2, 0.25) is 5.02 Å². The number of halogens is 1. The van der Waals surface area contributed by atoms with Crippen LogP contribution in [0.5, 0.6) is 0 Å². The summed E-state index contributed by atoms with van der Waals surface area (Å²) in [7, 11) is 0. The Hall–Kier alpha value is -2.77. The second kappa shape index (κ2) is 8.91. The van der Waals surface area contributed by atoms with Crippen LogP contribution in [-0.2, 0) is 11.3 Å². The third kappa shape index (κ3) is 5.10. The lowest BCUT2D eigenvalue weighted by Crippen LogP contribution is -2.24. The number of nitrogens with zero attached hydrogens (tertiary/aromatic N) is 1. The van der Waals surface area contributed by atoms with E-state index in [4.69, 9.17) is 11.6 Å². The molecule has 0 unspecified atom stereocenters. The summed E-state index contributed by atoms with van der Waals surface area (Å²) in [6.07, 6.45) is 1.43. The molecule has 0 saturated heterocycles. The zero-order valence-electron chi connectivity index (χ0n) is 14.2. The number of anilines is 1. The van der Waals surface area contributed by atoms with Gasteiger partial charge in [-0.25, -0.2) is 0 Å². The fourth-order valence-corrected chi connectivity index (χ4v) is 2.55. The van der Waals surface area contributed by atoms with Crippen molar-refractivity contribution in [2.24, 2.45) is 0 Å². The van der Waals surface area contributed by atoms with E-state index in [9.17, 15) is 10.1 Å². The molecule has 0 atom stereocenters. The molecule has 2 aromatic carbocycles. The van der Waals surface area contributed by atoms with E-state index in [2.05, 4.69) is 24.5 Å². The molecule has 0 saturated carbocycles. The van der Waals surface area contributed by atoms with Gasteiger partial charge in [-0.2, -0.15) is 5.26 Å². The van der Waals surface area contributed by atoms with E-state index in [0.717, 1.165) is 16.8 Å². The number of carbonyl (C=O) groups excluding carboxylic acids is 1. The third-order valence-electron chi connectivity index (χ3n) is 3.72. The first-order valence-electron chi connectivity index (χ1n) is 8.00. The predicted molar refractivity (Wildman–Crippen MR) is 101 cm³/mol. The van der Waals surface area contributed by atoms with Gasteiger partial charge in [-0.1, -0.05) is 61.8 Å². The number of nitriles is 1. The summed E-state index contributed by atoms with van der Waals surface area (Å²) >= 11 is 6.07. The molecule has 0 aliphatic rings. The van der Waals surface area contributed by atoms with Gasteiger partial charge in [0.1, 0.15) is 11.6 Å². The minimum absolute atomic E-state index is 0.00520. The van der Waals surface area contributed by atoms with Gasteiger partial charge in [-0.05, 0) is 29.2 Å². The molecular formula is C20H20ClN3O. The summed E-state index contributed by atoms with van der Waals surface area (Å²) in [5, 5.41) is 15.6. The predicted octanol–water partition coefficient (Wildman–Crippen LogP) is 4.60. The number of rotatable bonds is 6. The minimum Gasteiger partial charge on any atom is -0.360 e. The topological polar surface area (TPSA) is 64.9 Å². The first-order chi connectivity index (χ1) is 12.0. The lowest BCUT2D eigenvalue weighted by Gasteiger charge is -2.12. The highest BCUT2D eigenvalue weighted by atomic mass is 35.5. The van der Waals surface area contributed by atoms with Gasteiger partial charge in [0.25, 0.3) is 5.91 Å². The van der Waals surface area contributed by atoms with Crippen molar-refractivity contribution < 1.29 is 4.79 Å². The molecule has 25 heavy (non-hydrogen) atoms. The molecule has 2 aromatic rings. The van der Waals surface area contributed by atoms with Crippen LogP contribution in [0.4, 0.5) is 5.69 Å². The quantitative estimate of drug-likeness (QED) is 0.589. The first-order valence-corrected chi connectivity index (χ1v) is 8.38. The largest absolute Gasteiger partial charge is 0.360 e. The molecule has 0 spiro atoms. The first kappa shape index (κ1) is 18.6. The van der Waals surface area contributed by atoms with Crippen molar-refractivity contribution in [1.82, 2.24) is 5.32 Å². The van der Waals surface area contributed by atoms with Gasteiger partial charge < -0.3 is 10.6 Å². The highest BCUT2D eigenvalue weighted by Gasteiger charge is 2.10. The Morgan fingerprint density at radius 1 is 1.20 bits per heavy atom. The van der Waals surface area contributed by atoms with E-state index in [-0.39, 0.29) is 12.1 Å². The number of hydrogen-bond acceptors (Lipinski definition) is 3. The molecule has 0 bridgehead atoms. The van der Waals surface area contributed by atoms with Gasteiger partial charge in [0.2, 0.25) is 0 Å². The van der Waals surface area contributed by atoms with E-state index < -0.39 is 5.91 Å². The van der Waals surface area contributed by atoms with Crippen molar-refractivity contribution in [2.75, 3.05) is 5.32 Å². The van der Waals surface area contributed by atoms with Crippen LogP contribution >= 0.6 is 11.6 Å². The van der Waals surface area contributed by atoms with Crippen molar-refractivity contribution in [3.8, 4) is 6.07 Å². The fraction of sp³-hybridized carbons (Fsp3) is 0.200. The second-order valence-electron chi connectivity index (χ2n) is 5.83. The van der Waals surface area contributed by atoms with Crippen molar-refractivity contribution >= 4 is 23.2 Å². The van der Waals surface area contributed by atoms with Crippen LogP contribution in [0.3, 0.4) is 0 Å².